The van der Waals surface area contributed by atoms with Gasteiger partial charge in [0.25, 0.3) is 0 Å². The normalized spacial score (nSPS) is 16.8. The highest BCUT2D eigenvalue weighted by Gasteiger charge is 2.21. The van der Waals surface area contributed by atoms with Gasteiger partial charge in [-0.05, 0) is 19.1 Å². The summed E-state index contributed by atoms with van der Waals surface area (Å²) in [6, 6.07) is 4.15. The van der Waals surface area contributed by atoms with Gasteiger partial charge in [-0.15, -0.1) is 12.3 Å². The number of hydrogen-bond acceptors (Lipinski definition) is 3. The molecular formula is C15H19NO2. The van der Waals surface area contributed by atoms with Gasteiger partial charge in [0, 0.05) is 37.1 Å². The molecule has 0 spiro atoms. The van der Waals surface area contributed by atoms with Crippen LogP contribution >= 0.6 is 0 Å². The molecule has 1 aromatic carbocycles. The fourth-order valence-corrected chi connectivity index (χ4v) is 2.19. The Morgan fingerprint density at radius 3 is 3.11 bits per heavy atom. The van der Waals surface area contributed by atoms with Gasteiger partial charge in [-0.2, -0.15) is 0 Å². The number of fused-ring (bicyclic) bond motifs is 1. The Morgan fingerprint density at radius 2 is 2.39 bits per heavy atom. The number of methoxy groups -OCH3 is 1. The van der Waals surface area contributed by atoms with Crippen LogP contribution in [0.1, 0.15) is 24.5 Å². The molecule has 1 atom stereocenters. The Hall–Kier alpha value is -1.66. The van der Waals surface area contributed by atoms with E-state index < -0.39 is 0 Å². The minimum Gasteiger partial charge on any atom is -0.496 e. The van der Waals surface area contributed by atoms with Crippen molar-refractivity contribution in [2.24, 2.45) is 0 Å². The molecule has 96 valence electrons. The molecule has 18 heavy (non-hydrogen) atoms. The Labute approximate surface area is 108 Å². The maximum absolute atomic E-state index is 5.76. The highest BCUT2D eigenvalue weighted by atomic mass is 16.5. The van der Waals surface area contributed by atoms with Gasteiger partial charge in [-0.1, -0.05) is 0 Å². The summed E-state index contributed by atoms with van der Waals surface area (Å²) in [4.78, 5) is 0. The first-order valence-electron chi connectivity index (χ1n) is 6.25. The Morgan fingerprint density at radius 1 is 1.56 bits per heavy atom. The van der Waals surface area contributed by atoms with Crippen LogP contribution in [-0.2, 0) is 13.0 Å². The van der Waals surface area contributed by atoms with E-state index in [0.29, 0.717) is 0 Å². The highest BCUT2D eigenvalue weighted by molar-refractivity contribution is 5.48. The first-order chi connectivity index (χ1) is 8.74. The van der Waals surface area contributed by atoms with Gasteiger partial charge in [-0.3, -0.25) is 0 Å². The Bertz CT molecular complexity index is 462. The predicted octanol–water partition coefficient (Wildman–Crippen LogP) is 2.13. The third-order valence-corrected chi connectivity index (χ3v) is 3.06. The van der Waals surface area contributed by atoms with E-state index in [1.807, 2.05) is 0 Å². The second-order valence-electron chi connectivity index (χ2n) is 4.54. The van der Waals surface area contributed by atoms with Crippen LogP contribution in [-0.4, -0.2) is 19.8 Å². The molecule has 0 radical (unpaired) electrons. The molecule has 1 aromatic rings. The van der Waals surface area contributed by atoms with Gasteiger partial charge in [0.1, 0.15) is 17.6 Å². The molecule has 0 amide bonds. The first-order valence-corrected chi connectivity index (χ1v) is 6.25. The number of rotatable bonds is 5. The van der Waals surface area contributed by atoms with Crippen LogP contribution in [0.3, 0.4) is 0 Å². The molecule has 1 N–H and O–H groups in total. The molecule has 1 heterocycles. The number of nitrogens with one attached hydrogen (secondary N) is 1. The zero-order valence-electron chi connectivity index (χ0n) is 11.0. The van der Waals surface area contributed by atoms with Crippen molar-refractivity contribution in [2.75, 3.05) is 13.7 Å². The summed E-state index contributed by atoms with van der Waals surface area (Å²) < 4.78 is 11.2. The van der Waals surface area contributed by atoms with Crippen LogP contribution < -0.4 is 14.8 Å². The SMILES string of the molecule is C#CCCNCc1cc2c(cc1OC)CC(C)O2. The lowest BCUT2D eigenvalue weighted by molar-refractivity contribution is 0.254. The van der Waals surface area contributed by atoms with Crippen molar-refractivity contribution >= 4 is 0 Å². The molecule has 1 aliphatic rings. The zero-order chi connectivity index (χ0) is 13.0. The minimum atomic E-state index is 0.259. The summed E-state index contributed by atoms with van der Waals surface area (Å²) in [5.74, 6) is 4.51. The van der Waals surface area contributed by atoms with Crippen LogP contribution in [0.25, 0.3) is 0 Å². The molecule has 3 heteroatoms. The van der Waals surface area contributed by atoms with Crippen molar-refractivity contribution in [3.63, 3.8) is 0 Å². The van der Waals surface area contributed by atoms with Crippen molar-refractivity contribution in [3.05, 3.63) is 23.3 Å². The second-order valence-corrected chi connectivity index (χ2v) is 4.54. The van der Waals surface area contributed by atoms with Crippen LogP contribution in [0.5, 0.6) is 11.5 Å². The van der Waals surface area contributed by atoms with Gasteiger partial charge < -0.3 is 14.8 Å². The number of terminal acetylenes is 1. The van der Waals surface area contributed by atoms with Gasteiger partial charge in [0.15, 0.2) is 0 Å². The number of hydrogen-bond donors (Lipinski definition) is 1. The third-order valence-electron chi connectivity index (χ3n) is 3.06. The highest BCUT2D eigenvalue weighted by Crippen LogP contribution is 2.34. The maximum Gasteiger partial charge on any atom is 0.123 e. The van der Waals surface area contributed by atoms with Crippen LogP contribution in [0.15, 0.2) is 12.1 Å². The van der Waals surface area contributed by atoms with Crippen molar-refractivity contribution in [1.82, 2.24) is 5.32 Å². The van der Waals surface area contributed by atoms with Gasteiger partial charge in [-0.25, -0.2) is 0 Å². The molecule has 0 saturated heterocycles. The summed E-state index contributed by atoms with van der Waals surface area (Å²) in [5, 5.41) is 3.30. The lowest BCUT2D eigenvalue weighted by atomic mass is 10.1. The molecule has 3 nitrogen and oxygen atoms in total. The predicted molar refractivity (Wildman–Crippen MR) is 71.9 cm³/mol. The monoisotopic (exact) mass is 245 g/mol. The molecule has 0 fully saturated rings. The molecule has 0 aromatic heterocycles. The topological polar surface area (TPSA) is 30.5 Å². The van der Waals surface area contributed by atoms with E-state index in [9.17, 15) is 0 Å². The quantitative estimate of drug-likeness (QED) is 0.637. The standard InChI is InChI=1S/C15H19NO2/c1-4-5-6-16-10-13-9-15-12(7-11(2)18-15)8-14(13)17-3/h1,8-9,11,16H,5-7,10H2,2-3H3. The van der Waals surface area contributed by atoms with E-state index in [-0.39, 0.29) is 6.10 Å². The first kappa shape index (κ1) is 12.8. The van der Waals surface area contributed by atoms with Gasteiger partial charge in [0.2, 0.25) is 0 Å². The third kappa shape index (κ3) is 2.77. The maximum atomic E-state index is 5.76. The Kier molecular flexibility index (Phi) is 4.11. The van der Waals surface area contributed by atoms with E-state index in [2.05, 4.69) is 30.3 Å². The van der Waals surface area contributed by atoms with Crippen LogP contribution in [0, 0.1) is 12.3 Å². The molecule has 1 unspecified atom stereocenters. The molecule has 0 saturated carbocycles. The zero-order valence-corrected chi connectivity index (χ0v) is 11.0. The molecule has 0 aliphatic carbocycles. The van der Waals surface area contributed by atoms with E-state index in [1.165, 1.54) is 5.56 Å². The second kappa shape index (κ2) is 5.79. The van der Waals surface area contributed by atoms with Gasteiger partial charge >= 0.3 is 0 Å². The van der Waals surface area contributed by atoms with Crippen molar-refractivity contribution < 1.29 is 9.47 Å². The molecule has 0 bridgehead atoms. The fraction of sp³-hybridized carbons (Fsp3) is 0.467. The van der Waals surface area contributed by atoms with Crippen LogP contribution in [0.4, 0.5) is 0 Å². The molecule has 1 aliphatic heterocycles. The lowest BCUT2D eigenvalue weighted by Gasteiger charge is -2.11. The number of ether oxygens (including phenoxy) is 2. The minimum absolute atomic E-state index is 0.259. The van der Waals surface area contributed by atoms with Crippen molar-refractivity contribution in [2.45, 2.75) is 32.4 Å². The van der Waals surface area contributed by atoms with Crippen LogP contribution in [0.2, 0.25) is 0 Å². The van der Waals surface area contributed by atoms with E-state index in [1.54, 1.807) is 7.11 Å². The van der Waals surface area contributed by atoms with Crippen molar-refractivity contribution in [3.8, 4) is 23.8 Å². The molecular weight excluding hydrogens is 226 g/mol. The number of benzene rings is 1. The van der Waals surface area contributed by atoms with E-state index >= 15 is 0 Å². The summed E-state index contributed by atoms with van der Waals surface area (Å²) in [5.41, 5.74) is 2.34. The smallest absolute Gasteiger partial charge is 0.123 e. The fourth-order valence-electron chi connectivity index (χ4n) is 2.19. The average Bonchev–Trinajstić information content (AvgIpc) is 2.72. The van der Waals surface area contributed by atoms with Gasteiger partial charge in [0.05, 0.1) is 7.11 Å². The van der Waals surface area contributed by atoms with E-state index in [0.717, 1.165) is 43.0 Å². The molecule has 2 rings (SSSR count). The summed E-state index contributed by atoms with van der Waals surface area (Å²) in [6.45, 7) is 3.64. The Balaban J connectivity index is 2.10. The lowest BCUT2D eigenvalue weighted by Crippen LogP contribution is -2.14. The van der Waals surface area contributed by atoms with Crippen molar-refractivity contribution in [1.29, 1.82) is 0 Å². The largest absolute Gasteiger partial charge is 0.496 e. The average molecular weight is 245 g/mol. The summed E-state index contributed by atoms with van der Waals surface area (Å²) in [6.07, 6.45) is 7.17. The summed E-state index contributed by atoms with van der Waals surface area (Å²) in [7, 11) is 1.70. The summed E-state index contributed by atoms with van der Waals surface area (Å²) >= 11 is 0. The van der Waals surface area contributed by atoms with E-state index in [4.69, 9.17) is 15.9 Å².